The second-order valence-electron chi connectivity index (χ2n) is 2.44. The predicted molar refractivity (Wildman–Crippen MR) is 55.5 cm³/mol. The van der Waals surface area contributed by atoms with Crippen LogP contribution in [0.15, 0.2) is 21.5 Å². The van der Waals surface area contributed by atoms with Gasteiger partial charge in [-0.25, -0.2) is 4.98 Å². The summed E-state index contributed by atoms with van der Waals surface area (Å²) in [7, 11) is 0. The number of hydrogen-bond acceptors (Lipinski definition) is 3. The normalized spacial score (nSPS) is 10.8. The highest BCUT2D eigenvalue weighted by atomic mass is 79.9. The number of nitrogen functional groups attached to an aromatic ring is 1. The third-order valence-electron chi connectivity index (χ3n) is 1.55. The van der Waals surface area contributed by atoms with Gasteiger partial charge in [0.15, 0.2) is 5.95 Å². The Kier molecular flexibility index (Phi) is 1.77. The summed E-state index contributed by atoms with van der Waals surface area (Å²) >= 11 is 7.62. The molecule has 1 heterocycles. The summed E-state index contributed by atoms with van der Waals surface area (Å²) in [4.78, 5) is 7.82. The molecule has 0 amide bonds. The number of nitrogens with zero attached hydrogens (tertiary/aromatic N) is 1. The molecule has 0 fully saturated rings. The molecule has 2 rings (SSSR count). The van der Waals surface area contributed by atoms with Crippen molar-refractivity contribution in [2.24, 2.45) is 0 Å². The molecule has 0 saturated carbocycles. The molecular weight excluding hydrogens is 238 g/mol. The number of hydrogen-bond donors (Lipinski definition) is 3. The highest BCUT2D eigenvalue weighted by Gasteiger charge is 2.03. The molecule has 0 radical (unpaired) electrons. The summed E-state index contributed by atoms with van der Waals surface area (Å²) in [6, 6.07) is 3.80. The Balaban J connectivity index is 2.88. The van der Waals surface area contributed by atoms with E-state index in [1.54, 1.807) is 0 Å². The first kappa shape index (κ1) is 7.94. The number of imidazole rings is 1. The lowest BCUT2D eigenvalue weighted by Crippen LogP contribution is -1.84. The van der Waals surface area contributed by atoms with Crippen molar-refractivity contribution in [2.75, 3.05) is 5.73 Å². The minimum absolute atomic E-state index is 0.415. The zero-order chi connectivity index (χ0) is 8.72. The van der Waals surface area contributed by atoms with Crippen LogP contribution in [0.5, 0.6) is 0 Å². The zero-order valence-corrected chi connectivity index (χ0v) is 8.48. The Morgan fingerprint density at radius 3 is 3.00 bits per heavy atom. The maximum atomic E-state index is 5.49. The molecule has 1 aromatic carbocycles. The molecule has 0 unspecified atom stereocenters. The Bertz CT molecular complexity index is 437. The molecule has 5 heteroatoms. The van der Waals surface area contributed by atoms with Gasteiger partial charge in [-0.3, -0.25) is 0 Å². The SMILES string of the molecule is Nc1nc2c(S)cc(Br)cc2[nH]1. The van der Waals surface area contributed by atoms with Gasteiger partial charge in [0, 0.05) is 9.37 Å². The summed E-state index contributed by atoms with van der Waals surface area (Å²) < 4.78 is 0.962. The first-order valence-corrected chi connectivity index (χ1v) is 4.54. The second-order valence-corrected chi connectivity index (χ2v) is 3.84. The molecule has 12 heavy (non-hydrogen) atoms. The number of nitrogens with two attached hydrogens (primary N) is 1. The van der Waals surface area contributed by atoms with Gasteiger partial charge in [0.25, 0.3) is 0 Å². The standard InChI is InChI=1S/C7H6BrN3S/c8-3-1-4-6(5(12)2-3)11-7(9)10-4/h1-2,12H,(H3,9,10,11). The first-order valence-electron chi connectivity index (χ1n) is 3.30. The van der Waals surface area contributed by atoms with E-state index in [1.165, 1.54) is 0 Å². The summed E-state index contributed by atoms with van der Waals surface area (Å²) in [5, 5.41) is 0. The molecule has 62 valence electrons. The fraction of sp³-hybridized carbons (Fsp3) is 0. The molecular formula is C7H6BrN3S. The predicted octanol–water partition coefficient (Wildman–Crippen LogP) is 2.20. The number of rotatable bonds is 0. The smallest absolute Gasteiger partial charge is 0.198 e. The van der Waals surface area contributed by atoms with Gasteiger partial charge in [0.1, 0.15) is 5.52 Å². The van der Waals surface area contributed by atoms with Crippen molar-refractivity contribution >= 4 is 45.5 Å². The lowest BCUT2D eigenvalue weighted by molar-refractivity contribution is 1.34. The van der Waals surface area contributed by atoms with Crippen LogP contribution < -0.4 is 5.73 Å². The van der Waals surface area contributed by atoms with Crippen molar-refractivity contribution in [1.29, 1.82) is 0 Å². The van der Waals surface area contributed by atoms with Crippen molar-refractivity contribution in [2.45, 2.75) is 4.90 Å². The second kappa shape index (κ2) is 2.67. The maximum Gasteiger partial charge on any atom is 0.198 e. The van der Waals surface area contributed by atoms with Crippen LogP contribution in [0.4, 0.5) is 5.95 Å². The van der Waals surface area contributed by atoms with Gasteiger partial charge in [-0.2, -0.15) is 0 Å². The van der Waals surface area contributed by atoms with Crippen LogP contribution in [-0.2, 0) is 0 Å². The van der Waals surface area contributed by atoms with Crippen LogP contribution in [0.3, 0.4) is 0 Å². The molecule has 0 atom stereocenters. The molecule has 0 aliphatic rings. The summed E-state index contributed by atoms with van der Waals surface area (Å²) in [6.45, 7) is 0. The molecule has 0 aliphatic carbocycles. The van der Waals surface area contributed by atoms with Gasteiger partial charge in [-0.05, 0) is 12.1 Å². The van der Waals surface area contributed by atoms with Crippen LogP contribution >= 0.6 is 28.6 Å². The van der Waals surface area contributed by atoms with Crippen LogP contribution in [0, 0.1) is 0 Å². The van der Waals surface area contributed by atoms with Gasteiger partial charge in [-0.15, -0.1) is 12.6 Å². The van der Waals surface area contributed by atoms with Crippen LogP contribution in [0.1, 0.15) is 0 Å². The number of fused-ring (bicyclic) bond motifs is 1. The molecule has 0 saturated heterocycles. The van der Waals surface area contributed by atoms with Crippen molar-refractivity contribution in [3.8, 4) is 0 Å². The Morgan fingerprint density at radius 2 is 2.25 bits per heavy atom. The fourth-order valence-corrected chi connectivity index (χ4v) is 2.03. The number of nitrogens with one attached hydrogen (secondary N) is 1. The van der Waals surface area contributed by atoms with Crippen molar-refractivity contribution in [3.05, 3.63) is 16.6 Å². The van der Waals surface area contributed by atoms with Crippen molar-refractivity contribution in [1.82, 2.24) is 9.97 Å². The molecule has 0 bridgehead atoms. The van der Waals surface area contributed by atoms with Gasteiger partial charge >= 0.3 is 0 Å². The monoisotopic (exact) mass is 243 g/mol. The van der Waals surface area contributed by atoms with Crippen LogP contribution in [-0.4, -0.2) is 9.97 Å². The number of aromatic amines is 1. The van der Waals surface area contributed by atoms with E-state index in [1.807, 2.05) is 12.1 Å². The van der Waals surface area contributed by atoms with Crippen LogP contribution in [0.2, 0.25) is 0 Å². The minimum Gasteiger partial charge on any atom is -0.369 e. The molecule has 0 spiro atoms. The molecule has 2 aromatic rings. The quantitative estimate of drug-likeness (QED) is 0.622. The molecule has 0 aliphatic heterocycles. The van der Waals surface area contributed by atoms with E-state index < -0.39 is 0 Å². The van der Waals surface area contributed by atoms with Crippen molar-refractivity contribution < 1.29 is 0 Å². The Labute approximate surface area is 82.9 Å². The average molecular weight is 244 g/mol. The van der Waals surface area contributed by atoms with E-state index in [9.17, 15) is 0 Å². The minimum atomic E-state index is 0.415. The van der Waals surface area contributed by atoms with Crippen molar-refractivity contribution in [3.63, 3.8) is 0 Å². The average Bonchev–Trinajstić information content (AvgIpc) is 2.29. The van der Waals surface area contributed by atoms with E-state index in [-0.39, 0.29) is 0 Å². The summed E-state index contributed by atoms with van der Waals surface area (Å²) in [6.07, 6.45) is 0. The Morgan fingerprint density at radius 1 is 1.50 bits per heavy atom. The zero-order valence-electron chi connectivity index (χ0n) is 6.00. The van der Waals surface area contributed by atoms with E-state index >= 15 is 0 Å². The van der Waals surface area contributed by atoms with Gasteiger partial charge in [0.2, 0.25) is 0 Å². The van der Waals surface area contributed by atoms with Gasteiger partial charge < -0.3 is 10.7 Å². The van der Waals surface area contributed by atoms with Gasteiger partial charge in [-0.1, -0.05) is 15.9 Å². The third kappa shape index (κ3) is 1.19. The number of aromatic nitrogens is 2. The summed E-state index contributed by atoms with van der Waals surface area (Å²) in [5.74, 6) is 0.415. The highest BCUT2D eigenvalue weighted by Crippen LogP contribution is 2.25. The number of H-pyrrole nitrogens is 1. The number of thiol groups is 1. The van der Waals surface area contributed by atoms with E-state index in [2.05, 4.69) is 38.5 Å². The summed E-state index contributed by atoms with van der Waals surface area (Å²) in [5.41, 5.74) is 7.19. The lowest BCUT2D eigenvalue weighted by Gasteiger charge is -1.93. The number of anilines is 1. The highest BCUT2D eigenvalue weighted by molar-refractivity contribution is 9.10. The van der Waals surface area contributed by atoms with E-state index in [0.717, 1.165) is 20.4 Å². The third-order valence-corrected chi connectivity index (χ3v) is 2.35. The topological polar surface area (TPSA) is 54.7 Å². The maximum absolute atomic E-state index is 5.49. The van der Waals surface area contributed by atoms with Crippen LogP contribution in [0.25, 0.3) is 11.0 Å². The molecule has 3 N–H and O–H groups in total. The Hall–Kier alpha value is -0.680. The fourth-order valence-electron chi connectivity index (χ4n) is 1.08. The number of benzene rings is 1. The van der Waals surface area contributed by atoms with E-state index in [4.69, 9.17) is 5.73 Å². The first-order chi connectivity index (χ1) is 5.66. The largest absolute Gasteiger partial charge is 0.369 e. The van der Waals surface area contributed by atoms with Gasteiger partial charge in [0.05, 0.1) is 5.52 Å². The lowest BCUT2D eigenvalue weighted by atomic mass is 10.3. The molecule has 1 aromatic heterocycles. The number of halogens is 1. The molecule has 3 nitrogen and oxygen atoms in total. The van der Waals surface area contributed by atoms with E-state index in [0.29, 0.717) is 5.95 Å².